The molecule has 8 heteroatoms. The van der Waals surface area contributed by atoms with Crippen LogP contribution in [0.5, 0.6) is 0 Å². The van der Waals surface area contributed by atoms with E-state index in [2.05, 4.69) is 33.9 Å². The molecule has 1 aromatic carbocycles. The number of rotatable bonds is 6. The van der Waals surface area contributed by atoms with Crippen LogP contribution in [-0.2, 0) is 6.42 Å². The Bertz CT molecular complexity index is 1200. The summed E-state index contributed by atoms with van der Waals surface area (Å²) < 4.78 is 41.7. The van der Waals surface area contributed by atoms with E-state index in [0.717, 1.165) is 56.1 Å². The van der Waals surface area contributed by atoms with Crippen molar-refractivity contribution >= 4 is 10.9 Å². The molecule has 33 heavy (non-hydrogen) atoms. The van der Waals surface area contributed by atoms with Crippen LogP contribution < -0.4 is 5.32 Å². The summed E-state index contributed by atoms with van der Waals surface area (Å²) in [4.78, 5) is 4.46. The van der Waals surface area contributed by atoms with Gasteiger partial charge in [0, 0.05) is 23.2 Å². The van der Waals surface area contributed by atoms with Gasteiger partial charge in [0.1, 0.15) is 17.8 Å². The second kappa shape index (κ2) is 8.47. The number of aliphatic hydroxyl groups is 1. The zero-order chi connectivity index (χ0) is 24.0. The van der Waals surface area contributed by atoms with E-state index in [1.807, 2.05) is 12.1 Å². The van der Waals surface area contributed by atoms with E-state index in [0.29, 0.717) is 11.3 Å². The lowest BCUT2D eigenvalue weighted by atomic mass is 9.92. The third-order valence-corrected chi connectivity index (χ3v) is 6.58. The van der Waals surface area contributed by atoms with Crippen LogP contribution in [0.4, 0.5) is 13.2 Å². The highest BCUT2D eigenvalue weighted by Gasteiger charge is 2.48. The molecule has 0 radical (unpaired) electrons. The molecule has 0 saturated heterocycles. The zero-order valence-corrected chi connectivity index (χ0v) is 18.9. The fourth-order valence-corrected chi connectivity index (χ4v) is 4.18. The lowest BCUT2D eigenvalue weighted by Gasteiger charge is -2.31. The van der Waals surface area contributed by atoms with Crippen LogP contribution in [-0.4, -0.2) is 26.4 Å². The Kier molecular flexibility index (Phi) is 5.97. The summed E-state index contributed by atoms with van der Waals surface area (Å²) in [5.41, 5.74) is 1.94. The molecule has 0 aliphatic heterocycles. The molecule has 1 aliphatic rings. The number of alkyl halides is 3. The first kappa shape index (κ1) is 23.3. The molecule has 1 fully saturated rings. The number of hydrogen-bond donors (Lipinski definition) is 2. The standard InChI is InChI=1S/C25H27F3N4O/c1-4-15-8-10-18-19(13-29)22(32(21(18)12-15)17-6-5-7-17)20-11-9-16(14-30-20)23(33)31-24(2,3)25(26,27)28/h8-12,14,17,23,31,33H,4-7H2,1-3H3. The van der Waals surface area contributed by atoms with Gasteiger partial charge < -0.3 is 9.67 Å². The van der Waals surface area contributed by atoms with Gasteiger partial charge in [0.15, 0.2) is 0 Å². The van der Waals surface area contributed by atoms with Gasteiger partial charge >= 0.3 is 6.18 Å². The highest BCUT2D eigenvalue weighted by molar-refractivity contribution is 5.94. The second-order valence-corrected chi connectivity index (χ2v) is 9.14. The number of benzene rings is 1. The molecule has 4 rings (SSSR count). The van der Waals surface area contributed by atoms with Gasteiger partial charge in [0.2, 0.25) is 0 Å². The molecule has 1 unspecified atom stereocenters. The number of aryl methyl sites for hydroxylation is 1. The third kappa shape index (κ3) is 4.11. The first-order valence-electron chi connectivity index (χ1n) is 11.1. The Balaban J connectivity index is 1.76. The predicted molar refractivity (Wildman–Crippen MR) is 120 cm³/mol. The Labute approximate surface area is 190 Å². The van der Waals surface area contributed by atoms with Gasteiger partial charge in [-0.25, -0.2) is 0 Å². The minimum atomic E-state index is -4.52. The Hall–Kier alpha value is -2.89. The summed E-state index contributed by atoms with van der Waals surface area (Å²) in [7, 11) is 0. The van der Waals surface area contributed by atoms with Crippen molar-refractivity contribution in [2.24, 2.45) is 0 Å². The molecule has 0 spiro atoms. The van der Waals surface area contributed by atoms with E-state index >= 15 is 0 Å². The second-order valence-electron chi connectivity index (χ2n) is 9.14. The Morgan fingerprint density at radius 2 is 1.97 bits per heavy atom. The number of nitrogens with one attached hydrogen (secondary N) is 1. The predicted octanol–water partition coefficient (Wildman–Crippen LogP) is 5.78. The maximum Gasteiger partial charge on any atom is 0.406 e. The van der Waals surface area contributed by atoms with Crippen LogP contribution in [0.3, 0.4) is 0 Å². The van der Waals surface area contributed by atoms with Crippen molar-refractivity contribution in [3.05, 3.63) is 53.2 Å². The topological polar surface area (TPSA) is 73.9 Å². The quantitative estimate of drug-likeness (QED) is 0.461. The van der Waals surface area contributed by atoms with Gasteiger partial charge in [-0.2, -0.15) is 18.4 Å². The summed E-state index contributed by atoms with van der Waals surface area (Å²) in [5, 5.41) is 23.4. The summed E-state index contributed by atoms with van der Waals surface area (Å²) in [6.07, 6.45) is -0.655. The van der Waals surface area contributed by atoms with E-state index in [4.69, 9.17) is 0 Å². The average molecular weight is 457 g/mol. The first-order valence-corrected chi connectivity index (χ1v) is 11.1. The van der Waals surface area contributed by atoms with Gasteiger partial charge in [0.25, 0.3) is 0 Å². The van der Waals surface area contributed by atoms with Crippen molar-refractivity contribution in [1.29, 1.82) is 5.26 Å². The van der Waals surface area contributed by atoms with Gasteiger partial charge in [0.05, 0.1) is 22.5 Å². The van der Waals surface area contributed by atoms with E-state index in [-0.39, 0.29) is 11.6 Å². The highest BCUT2D eigenvalue weighted by Crippen LogP contribution is 2.42. The summed E-state index contributed by atoms with van der Waals surface area (Å²) >= 11 is 0. The van der Waals surface area contributed by atoms with E-state index in [9.17, 15) is 23.5 Å². The lowest BCUT2D eigenvalue weighted by molar-refractivity contribution is -0.195. The summed E-state index contributed by atoms with van der Waals surface area (Å²) in [6.45, 7) is 4.03. The molecule has 3 aromatic rings. The van der Waals surface area contributed by atoms with Crippen LogP contribution >= 0.6 is 0 Å². The molecule has 2 heterocycles. The Morgan fingerprint density at radius 3 is 2.48 bits per heavy atom. The maximum absolute atomic E-state index is 13.2. The molecular weight excluding hydrogens is 429 g/mol. The van der Waals surface area contributed by atoms with Gasteiger partial charge in [-0.15, -0.1) is 0 Å². The smallest absolute Gasteiger partial charge is 0.374 e. The molecule has 2 N–H and O–H groups in total. The minimum Gasteiger partial charge on any atom is -0.374 e. The fraction of sp³-hybridized carbons (Fsp3) is 0.440. The molecular formula is C25H27F3N4O. The maximum atomic E-state index is 13.2. The average Bonchev–Trinajstić information content (AvgIpc) is 3.04. The number of nitriles is 1. The molecule has 2 aromatic heterocycles. The third-order valence-electron chi connectivity index (χ3n) is 6.58. The molecule has 1 saturated carbocycles. The Morgan fingerprint density at radius 1 is 1.24 bits per heavy atom. The van der Waals surface area contributed by atoms with E-state index in [1.165, 1.54) is 11.8 Å². The first-order chi connectivity index (χ1) is 15.6. The van der Waals surface area contributed by atoms with Crippen molar-refractivity contribution in [3.8, 4) is 17.5 Å². The van der Waals surface area contributed by atoms with Crippen molar-refractivity contribution in [1.82, 2.24) is 14.9 Å². The minimum absolute atomic E-state index is 0.217. The van der Waals surface area contributed by atoms with E-state index < -0.39 is 17.9 Å². The summed E-state index contributed by atoms with van der Waals surface area (Å²) in [6, 6.07) is 11.9. The molecule has 0 amide bonds. The van der Waals surface area contributed by atoms with Crippen LogP contribution in [0.25, 0.3) is 22.3 Å². The van der Waals surface area contributed by atoms with Crippen molar-refractivity contribution in [2.75, 3.05) is 0 Å². The number of aliphatic hydroxyl groups excluding tert-OH is 1. The van der Waals surface area contributed by atoms with Crippen molar-refractivity contribution < 1.29 is 18.3 Å². The van der Waals surface area contributed by atoms with Gasteiger partial charge in [-0.3, -0.25) is 10.3 Å². The van der Waals surface area contributed by atoms with Crippen LogP contribution in [0.1, 0.15) is 69.0 Å². The van der Waals surface area contributed by atoms with Crippen LogP contribution in [0.15, 0.2) is 36.5 Å². The van der Waals surface area contributed by atoms with Crippen LogP contribution in [0.2, 0.25) is 0 Å². The number of halogens is 3. The molecule has 0 bridgehead atoms. The zero-order valence-electron chi connectivity index (χ0n) is 18.9. The normalized spacial score (nSPS) is 15.9. The highest BCUT2D eigenvalue weighted by atomic mass is 19.4. The fourth-order valence-electron chi connectivity index (χ4n) is 4.18. The number of nitrogens with zero attached hydrogens (tertiary/aromatic N) is 3. The number of hydrogen-bond acceptors (Lipinski definition) is 4. The number of fused-ring (bicyclic) bond motifs is 1. The SMILES string of the molecule is CCc1ccc2c(C#N)c(-c3ccc(C(O)NC(C)(C)C(F)(F)F)cn3)n(C3CCC3)c2c1. The van der Waals surface area contributed by atoms with E-state index in [1.54, 1.807) is 12.1 Å². The molecule has 1 aliphatic carbocycles. The van der Waals surface area contributed by atoms with Gasteiger partial charge in [-0.1, -0.05) is 25.1 Å². The largest absolute Gasteiger partial charge is 0.406 e. The lowest BCUT2D eigenvalue weighted by Crippen LogP contribution is -2.53. The number of pyridine rings is 1. The molecule has 5 nitrogen and oxygen atoms in total. The van der Waals surface area contributed by atoms with Crippen molar-refractivity contribution in [3.63, 3.8) is 0 Å². The molecule has 174 valence electrons. The number of aromatic nitrogens is 2. The van der Waals surface area contributed by atoms with Crippen LogP contribution in [0, 0.1) is 11.3 Å². The molecule has 1 atom stereocenters. The van der Waals surface area contributed by atoms with Crippen molar-refractivity contribution in [2.45, 2.75) is 70.4 Å². The summed E-state index contributed by atoms with van der Waals surface area (Å²) in [5.74, 6) is 0. The van der Waals surface area contributed by atoms with Gasteiger partial charge in [-0.05, 0) is 57.2 Å². The monoisotopic (exact) mass is 456 g/mol.